The van der Waals surface area contributed by atoms with Crippen LogP contribution < -0.4 is 10.5 Å². The summed E-state index contributed by atoms with van der Waals surface area (Å²) in [7, 11) is 1.61. The van der Waals surface area contributed by atoms with Gasteiger partial charge in [-0.25, -0.2) is 0 Å². The molecular formula is C13H15NO2. The number of carbonyl (C=O) groups excluding carboxylic acids is 1. The van der Waals surface area contributed by atoms with Crippen molar-refractivity contribution >= 4 is 5.78 Å². The molecule has 2 N–H and O–H groups in total. The van der Waals surface area contributed by atoms with E-state index in [0.717, 1.165) is 17.7 Å². The van der Waals surface area contributed by atoms with Crippen molar-refractivity contribution in [2.24, 2.45) is 5.73 Å². The van der Waals surface area contributed by atoms with Crippen molar-refractivity contribution in [3.8, 4) is 5.75 Å². The Hall–Kier alpha value is -1.61. The molecule has 1 aromatic rings. The highest BCUT2D eigenvalue weighted by molar-refractivity contribution is 5.99. The predicted molar refractivity (Wildman–Crippen MR) is 62.2 cm³/mol. The molecule has 0 aromatic heterocycles. The van der Waals surface area contributed by atoms with Gasteiger partial charge in [0.15, 0.2) is 5.78 Å². The van der Waals surface area contributed by atoms with Crippen LogP contribution in [0.15, 0.2) is 36.4 Å². The Morgan fingerprint density at radius 2 is 2.00 bits per heavy atom. The summed E-state index contributed by atoms with van der Waals surface area (Å²) in [4.78, 5) is 11.8. The van der Waals surface area contributed by atoms with Crippen LogP contribution in [0, 0.1) is 0 Å². The minimum Gasteiger partial charge on any atom is -0.497 e. The third-order valence-electron chi connectivity index (χ3n) is 3.02. The smallest absolute Gasteiger partial charge is 0.179 e. The van der Waals surface area contributed by atoms with E-state index < -0.39 is 5.54 Å². The van der Waals surface area contributed by atoms with Crippen LogP contribution in [0.5, 0.6) is 5.75 Å². The van der Waals surface area contributed by atoms with Crippen molar-refractivity contribution < 1.29 is 9.53 Å². The fourth-order valence-electron chi connectivity index (χ4n) is 1.95. The molecule has 0 unspecified atom stereocenters. The van der Waals surface area contributed by atoms with E-state index in [4.69, 9.17) is 10.5 Å². The first-order valence-corrected chi connectivity index (χ1v) is 5.31. The molecule has 0 saturated carbocycles. The summed E-state index contributed by atoms with van der Waals surface area (Å²) >= 11 is 0. The van der Waals surface area contributed by atoms with Crippen LogP contribution in [-0.4, -0.2) is 12.9 Å². The van der Waals surface area contributed by atoms with Gasteiger partial charge >= 0.3 is 0 Å². The predicted octanol–water partition coefficient (Wildman–Crippen LogP) is 1.77. The van der Waals surface area contributed by atoms with E-state index in [1.54, 1.807) is 13.2 Å². The molecule has 1 aliphatic rings. The molecule has 1 aromatic carbocycles. The second kappa shape index (κ2) is 4.10. The number of benzene rings is 1. The molecule has 0 bridgehead atoms. The van der Waals surface area contributed by atoms with E-state index in [1.165, 1.54) is 0 Å². The summed E-state index contributed by atoms with van der Waals surface area (Å²) in [6.45, 7) is 0. The molecule has 1 aliphatic carbocycles. The molecule has 2 rings (SSSR count). The van der Waals surface area contributed by atoms with Crippen molar-refractivity contribution in [1.82, 2.24) is 0 Å². The number of hydrogen-bond donors (Lipinski definition) is 1. The van der Waals surface area contributed by atoms with Crippen molar-refractivity contribution in [2.75, 3.05) is 7.11 Å². The number of methoxy groups -OCH3 is 1. The van der Waals surface area contributed by atoms with Crippen molar-refractivity contribution in [3.05, 3.63) is 42.0 Å². The number of ether oxygens (including phenoxy) is 1. The first kappa shape index (κ1) is 10.9. The zero-order chi connectivity index (χ0) is 11.6. The van der Waals surface area contributed by atoms with Gasteiger partial charge < -0.3 is 10.5 Å². The highest BCUT2D eigenvalue weighted by atomic mass is 16.5. The molecular weight excluding hydrogens is 202 g/mol. The largest absolute Gasteiger partial charge is 0.497 e. The van der Waals surface area contributed by atoms with Gasteiger partial charge in [0.2, 0.25) is 0 Å². The Labute approximate surface area is 94.9 Å². The molecule has 84 valence electrons. The SMILES string of the molecule is COc1ccc([C@]2(N)CCC=CC2=O)cc1. The summed E-state index contributed by atoms with van der Waals surface area (Å²) in [5.74, 6) is 0.745. The Bertz CT molecular complexity index is 422. The second-order valence-corrected chi connectivity index (χ2v) is 4.01. The Morgan fingerprint density at radius 3 is 2.56 bits per heavy atom. The maximum atomic E-state index is 11.8. The average Bonchev–Trinajstić information content (AvgIpc) is 2.33. The average molecular weight is 217 g/mol. The Balaban J connectivity index is 2.35. The minimum absolute atomic E-state index is 0.0242. The summed E-state index contributed by atoms with van der Waals surface area (Å²) in [5, 5.41) is 0. The number of carbonyl (C=O) groups is 1. The van der Waals surface area contributed by atoms with E-state index in [9.17, 15) is 4.79 Å². The summed E-state index contributed by atoms with van der Waals surface area (Å²) in [6, 6.07) is 7.37. The lowest BCUT2D eigenvalue weighted by Gasteiger charge is -2.29. The van der Waals surface area contributed by atoms with Gasteiger partial charge in [0.1, 0.15) is 11.3 Å². The van der Waals surface area contributed by atoms with Gasteiger partial charge in [-0.15, -0.1) is 0 Å². The molecule has 0 spiro atoms. The lowest BCUT2D eigenvalue weighted by Crippen LogP contribution is -2.45. The summed E-state index contributed by atoms with van der Waals surface area (Å²) in [5.41, 5.74) is 6.16. The molecule has 0 saturated heterocycles. The maximum Gasteiger partial charge on any atom is 0.179 e. The normalized spacial score (nSPS) is 24.5. The van der Waals surface area contributed by atoms with Gasteiger partial charge in [-0.1, -0.05) is 18.2 Å². The standard InChI is InChI=1S/C13H15NO2/c1-16-11-7-5-10(6-8-11)13(14)9-3-2-4-12(13)15/h2,4-8H,3,9,14H2,1H3/t13-/m1/s1. The summed E-state index contributed by atoms with van der Waals surface area (Å²) in [6.07, 6.45) is 4.95. The van der Waals surface area contributed by atoms with Crippen LogP contribution in [0.1, 0.15) is 18.4 Å². The van der Waals surface area contributed by atoms with Crippen LogP contribution >= 0.6 is 0 Å². The first-order chi connectivity index (χ1) is 7.66. The lowest BCUT2D eigenvalue weighted by atomic mass is 9.79. The highest BCUT2D eigenvalue weighted by Crippen LogP contribution is 2.29. The Morgan fingerprint density at radius 1 is 1.31 bits per heavy atom. The van der Waals surface area contributed by atoms with Crippen molar-refractivity contribution in [1.29, 1.82) is 0 Å². The van der Waals surface area contributed by atoms with Gasteiger partial charge in [0, 0.05) is 0 Å². The van der Waals surface area contributed by atoms with Crippen molar-refractivity contribution in [3.63, 3.8) is 0 Å². The van der Waals surface area contributed by atoms with Crippen LogP contribution in [0.25, 0.3) is 0 Å². The van der Waals surface area contributed by atoms with E-state index in [0.29, 0.717) is 6.42 Å². The molecule has 0 aliphatic heterocycles. The number of allylic oxidation sites excluding steroid dienone is 1. The monoisotopic (exact) mass is 217 g/mol. The van der Waals surface area contributed by atoms with Crippen LogP contribution in [0.2, 0.25) is 0 Å². The van der Waals surface area contributed by atoms with E-state index in [2.05, 4.69) is 0 Å². The van der Waals surface area contributed by atoms with E-state index >= 15 is 0 Å². The molecule has 3 nitrogen and oxygen atoms in total. The zero-order valence-corrected chi connectivity index (χ0v) is 9.27. The molecule has 0 amide bonds. The molecule has 1 atom stereocenters. The fraction of sp³-hybridized carbons (Fsp3) is 0.308. The zero-order valence-electron chi connectivity index (χ0n) is 9.27. The minimum atomic E-state index is -0.860. The third kappa shape index (κ3) is 1.74. The van der Waals surface area contributed by atoms with Crippen LogP contribution in [0.3, 0.4) is 0 Å². The van der Waals surface area contributed by atoms with Crippen LogP contribution in [0.4, 0.5) is 0 Å². The molecule has 0 fully saturated rings. The van der Waals surface area contributed by atoms with Gasteiger partial charge in [-0.2, -0.15) is 0 Å². The number of hydrogen-bond acceptors (Lipinski definition) is 3. The van der Waals surface area contributed by atoms with Gasteiger partial charge in [-0.3, -0.25) is 4.79 Å². The topological polar surface area (TPSA) is 52.3 Å². The number of ketones is 1. The van der Waals surface area contributed by atoms with Gasteiger partial charge in [0.25, 0.3) is 0 Å². The van der Waals surface area contributed by atoms with Gasteiger partial charge in [-0.05, 0) is 36.6 Å². The van der Waals surface area contributed by atoms with Crippen molar-refractivity contribution in [2.45, 2.75) is 18.4 Å². The fourth-order valence-corrected chi connectivity index (χ4v) is 1.95. The molecule has 3 heteroatoms. The summed E-state index contributed by atoms with van der Waals surface area (Å²) < 4.78 is 5.08. The molecule has 0 heterocycles. The van der Waals surface area contributed by atoms with E-state index in [-0.39, 0.29) is 5.78 Å². The molecule has 16 heavy (non-hydrogen) atoms. The lowest BCUT2D eigenvalue weighted by molar-refractivity contribution is -0.120. The third-order valence-corrected chi connectivity index (χ3v) is 3.02. The van der Waals surface area contributed by atoms with Gasteiger partial charge in [0.05, 0.1) is 7.11 Å². The van der Waals surface area contributed by atoms with Crippen LogP contribution in [-0.2, 0) is 10.3 Å². The number of nitrogens with two attached hydrogens (primary N) is 1. The maximum absolute atomic E-state index is 11.8. The molecule has 0 radical (unpaired) electrons. The highest BCUT2D eigenvalue weighted by Gasteiger charge is 2.35. The Kier molecular flexibility index (Phi) is 2.79. The quantitative estimate of drug-likeness (QED) is 0.821. The second-order valence-electron chi connectivity index (χ2n) is 4.01. The first-order valence-electron chi connectivity index (χ1n) is 5.31. The number of rotatable bonds is 2. The van der Waals surface area contributed by atoms with E-state index in [1.807, 2.05) is 30.3 Å².